The van der Waals surface area contributed by atoms with Crippen molar-refractivity contribution in [2.24, 2.45) is 10.9 Å². The van der Waals surface area contributed by atoms with Crippen LogP contribution in [-0.2, 0) is 5.41 Å². The maximum Gasteiger partial charge on any atom is 0.222 e. The normalized spacial score (nSPS) is 19.3. The van der Waals surface area contributed by atoms with Crippen LogP contribution in [-0.4, -0.2) is 15.7 Å². The van der Waals surface area contributed by atoms with Gasteiger partial charge >= 0.3 is 0 Å². The van der Waals surface area contributed by atoms with Gasteiger partial charge in [-0.05, 0) is 48.1 Å². The van der Waals surface area contributed by atoms with Gasteiger partial charge in [0.25, 0.3) is 0 Å². The van der Waals surface area contributed by atoms with E-state index in [1.807, 2.05) is 6.07 Å². The van der Waals surface area contributed by atoms with Crippen molar-refractivity contribution in [1.29, 1.82) is 0 Å². The minimum Gasteiger partial charge on any atom is -0.253 e. The van der Waals surface area contributed by atoms with Crippen LogP contribution in [0, 0.1) is 11.7 Å². The Bertz CT molecular complexity index is 902. The van der Waals surface area contributed by atoms with Crippen LogP contribution in [0.1, 0.15) is 51.5 Å². The largest absolute Gasteiger partial charge is 0.253 e. The smallest absolute Gasteiger partial charge is 0.222 e. The fourth-order valence-electron chi connectivity index (χ4n) is 4.25. The van der Waals surface area contributed by atoms with Crippen molar-refractivity contribution in [2.45, 2.75) is 51.4 Å². The predicted octanol–water partition coefficient (Wildman–Crippen LogP) is 6.53. The van der Waals surface area contributed by atoms with Gasteiger partial charge in [-0.3, -0.25) is 4.99 Å². The third-order valence-corrected chi connectivity index (χ3v) is 6.05. The number of aliphatic imine (C=N–C) groups is 1. The first-order valence-corrected chi connectivity index (χ1v) is 9.75. The highest BCUT2D eigenvalue weighted by atomic mass is 35.5. The van der Waals surface area contributed by atoms with Crippen molar-refractivity contribution in [3.63, 3.8) is 0 Å². The zero-order valence-corrected chi connectivity index (χ0v) is 16.3. The van der Waals surface area contributed by atoms with Gasteiger partial charge in [0.2, 0.25) is 5.28 Å². The molecule has 1 aliphatic heterocycles. The van der Waals surface area contributed by atoms with Crippen LogP contribution in [0.5, 0.6) is 0 Å². The van der Waals surface area contributed by atoms with Crippen LogP contribution >= 0.6 is 23.2 Å². The number of rotatable bonds is 2. The first-order valence-electron chi connectivity index (χ1n) is 8.99. The van der Waals surface area contributed by atoms with E-state index in [1.54, 1.807) is 0 Å². The molecule has 6 heteroatoms. The highest BCUT2D eigenvalue weighted by molar-refractivity contribution is 6.33. The summed E-state index contributed by atoms with van der Waals surface area (Å²) < 4.78 is 14.9. The molecule has 1 saturated carbocycles. The predicted molar refractivity (Wildman–Crippen MR) is 104 cm³/mol. The van der Waals surface area contributed by atoms with Gasteiger partial charge in [0.05, 0.1) is 16.9 Å². The summed E-state index contributed by atoms with van der Waals surface area (Å²) in [5.74, 6) is 0.0910. The molecule has 26 heavy (non-hydrogen) atoms. The summed E-state index contributed by atoms with van der Waals surface area (Å²) in [7, 11) is 0. The molecule has 0 spiro atoms. The van der Waals surface area contributed by atoms with Crippen molar-refractivity contribution in [1.82, 2.24) is 9.97 Å². The third-order valence-electron chi connectivity index (χ3n) is 5.59. The van der Waals surface area contributed by atoms with Gasteiger partial charge in [-0.15, -0.1) is 0 Å². The Morgan fingerprint density at radius 3 is 2.58 bits per heavy atom. The summed E-state index contributed by atoms with van der Waals surface area (Å²) in [5, 5.41) is 0.432. The number of nitrogens with zero attached hydrogens (tertiary/aromatic N) is 3. The van der Waals surface area contributed by atoms with E-state index < -0.39 is 0 Å². The number of fused-ring (bicyclic) bond motifs is 1. The fourth-order valence-corrected chi connectivity index (χ4v) is 4.58. The second-order valence-corrected chi connectivity index (χ2v) is 8.39. The molecule has 0 atom stereocenters. The van der Waals surface area contributed by atoms with Gasteiger partial charge in [-0.1, -0.05) is 44.7 Å². The Hall–Kier alpha value is -1.52. The molecule has 0 radical (unpaired) electrons. The van der Waals surface area contributed by atoms with Gasteiger partial charge in [-0.2, -0.15) is 0 Å². The number of hydrogen-bond donors (Lipinski definition) is 0. The monoisotopic (exact) mass is 391 g/mol. The Labute approximate surface area is 162 Å². The minimum absolute atomic E-state index is 0.0868. The Morgan fingerprint density at radius 1 is 1.12 bits per heavy atom. The molecule has 1 aromatic heterocycles. The van der Waals surface area contributed by atoms with Crippen LogP contribution in [0.4, 0.5) is 10.1 Å². The van der Waals surface area contributed by atoms with E-state index in [1.165, 1.54) is 31.5 Å². The summed E-state index contributed by atoms with van der Waals surface area (Å²) >= 11 is 12.1. The lowest BCUT2D eigenvalue weighted by atomic mass is 9.72. The van der Waals surface area contributed by atoms with E-state index in [0.29, 0.717) is 27.9 Å². The Kier molecular flexibility index (Phi) is 4.52. The standard InChI is InChI=1S/C20H20Cl2FN3/c1-20(2)13-8-12(16-14(21)10-24-19(22)26-16)9-15(23)17(13)25-18(20)11-6-4-3-5-7-11/h8-11H,3-7H2,1-2H3. The van der Waals surface area contributed by atoms with Crippen molar-refractivity contribution in [3.8, 4) is 11.3 Å². The van der Waals surface area contributed by atoms with E-state index in [9.17, 15) is 4.39 Å². The molecule has 4 rings (SSSR count). The third kappa shape index (κ3) is 2.93. The molecule has 2 heterocycles. The molecule has 2 aromatic rings. The highest BCUT2D eigenvalue weighted by Crippen LogP contribution is 2.47. The number of aromatic nitrogens is 2. The SMILES string of the molecule is CC1(C)C(C2CCCCC2)=Nc2c(F)cc(-c3nc(Cl)ncc3Cl)cc21. The highest BCUT2D eigenvalue weighted by Gasteiger charge is 2.40. The summed E-state index contributed by atoms with van der Waals surface area (Å²) in [5.41, 5.74) is 3.18. The van der Waals surface area contributed by atoms with Crippen molar-refractivity contribution in [3.05, 3.63) is 40.0 Å². The maximum absolute atomic E-state index is 14.9. The molecular weight excluding hydrogens is 372 g/mol. The zero-order chi connectivity index (χ0) is 18.5. The van der Waals surface area contributed by atoms with E-state index in [-0.39, 0.29) is 16.5 Å². The maximum atomic E-state index is 14.9. The van der Waals surface area contributed by atoms with E-state index in [0.717, 1.165) is 24.1 Å². The van der Waals surface area contributed by atoms with Crippen LogP contribution < -0.4 is 0 Å². The minimum atomic E-state index is -0.345. The zero-order valence-electron chi connectivity index (χ0n) is 14.8. The van der Waals surface area contributed by atoms with Gasteiger partial charge in [-0.25, -0.2) is 14.4 Å². The average Bonchev–Trinajstić information content (AvgIpc) is 2.89. The van der Waals surface area contributed by atoms with Crippen LogP contribution in [0.3, 0.4) is 0 Å². The fraction of sp³-hybridized carbons (Fsp3) is 0.450. The van der Waals surface area contributed by atoms with Gasteiger partial charge in [0, 0.05) is 16.7 Å². The van der Waals surface area contributed by atoms with Crippen molar-refractivity contribution >= 4 is 34.6 Å². The summed E-state index contributed by atoms with van der Waals surface area (Å²) in [6.45, 7) is 4.26. The molecule has 1 aliphatic carbocycles. The molecule has 1 aromatic carbocycles. The molecule has 136 valence electrons. The van der Waals surface area contributed by atoms with Gasteiger partial charge in [0.15, 0.2) is 0 Å². The van der Waals surface area contributed by atoms with E-state index >= 15 is 0 Å². The lowest BCUT2D eigenvalue weighted by Crippen LogP contribution is -2.33. The molecular formula is C20H20Cl2FN3. The summed E-state index contributed by atoms with van der Waals surface area (Å²) in [6, 6.07) is 3.38. The summed E-state index contributed by atoms with van der Waals surface area (Å²) in [4.78, 5) is 12.8. The first kappa shape index (κ1) is 17.9. The molecule has 0 bridgehead atoms. The van der Waals surface area contributed by atoms with Crippen molar-refractivity contribution in [2.75, 3.05) is 0 Å². The molecule has 0 unspecified atom stereocenters. The Balaban J connectivity index is 1.80. The van der Waals surface area contributed by atoms with Gasteiger partial charge < -0.3 is 0 Å². The number of benzene rings is 1. The Morgan fingerprint density at radius 2 is 1.85 bits per heavy atom. The molecule has 2 aliphatic rings. The van der Waals surface area contributed by atoms with E-state index in [4.69, 9.17) is 28.2 Å². The average molecular weight is 392 g/mol. The van der Waals surface area contributed by atoms with Crippen LogP contribution in [0.2, 0.25) is 10.3 Å². The van der Waals surface area contributed by atoms with E-state index in [2.05, 4.69) is 23.8 Å². The van der Waals surface area contributed by atoms with Gasteiger partial charge in [0.1, 0.15) is 11.5 Å². The summed E-state index contributed by atoms with van der Waals surface area (Å²) in [6.07, 6.45) is 7.43. The second kappa shape index (κ2) is 6.58. The first-order chi connectivity index (χ1) is 12.4. The lowest BCUT2D eigenvalue weighted by Gasteiger charge is -2.31. The van der Waals surface area contributed by atoms with Crippen LogP contribution in [0.25, 0.3) is 11.3 Å². The molecule has 3 nitrogen and oxygen atoms in total. The molecule has 1 fully saturated rings. The quantitative estimate of drug-likeness (QED) is 0.545. The topological polar surface area (TPSA) is 38.1 Å². The molecule has 0 amide bonds. The molecule has 0 saturated heterocycles. The molecule has 0 N–H and O–H groups in total. The lowest BCUT2D eigenvalue weighted by molar-refractivity contribution is 0.425. The second-order valence-electron chi connectivity index (χ2n) is 7.65. The number of halogens is 3. The van der Waals surface area contributed by atoms with Crippen molar-refractivity contribution < 1.29 is 4.39 Å². The number of hydrogen-bond acceptors (Lipinski definition) is 3. The van der Waals surface area contributed by atoms with Crippen LogP contribution in [0.15, 0.2) is 23.3 Å².